The van der Waals surface area contributed by atoms with E-state index in [0.29, 0.717) is 11.7 Å². The number of aromatic hydroxyl groups is 1. The van der Waals surface area contributed by atoms with Gasteiger partial charge in [-0.3, -0.25) is 0 Å². The van der Waals surface area contributed by atoms with E-state index in [2.05, 4.69) is 79.4 Å². The van der Waals surface area contributed by atoms with Crippen LogP contribution in [0.4, 0.5) is 0 Å². The van der Waals surface area contributed by atoms with Crippen molar-refractivity contribution in [1.29, 1.82) is 0 Å². The Morgan fingerprint density at radius 1 is 1.00 bits per heavy atom. The first kappa shape index (κ1) is 18.6. The highest BCUT2D eigenvalue weighted by molar-refractivity contribution is 5.53. The van der Waals surface area contributed by atoms with Crippen molar-refractivity contribution >= 4 is 0 Å². The molecule has 0 aromatic heterocycles. The van der Waals surface area contributed by atoms with Crippen LogP contribution >= 0.6 is 0 Å². The second-order valence-corrected chi connectivity index (χ2v) is 8.38. The Hall–Kier alpha value is -1.42. The molecule has 1 nitrogen and oxygen atoms in total. The van der Waals surface area contributed by atoms with Crippen LogP contribution in [-0.4, -0.2) is 5.11 Å². The third-order valence-electron chi connectivity index (χ3n) is 3.91. The molecule has 1 rings (SSSR count). The molecule has 0 saturated heterocycles. The van der Waals surface area contributed by atoms with Gasteiger partial charge in [0.05, 0.1) is 0 Å². The number of phenolic OH excluding ortho intramolecular Hbond substituents is 1. The maximum Gasteiger partial charge on any atom is 0.123 e. The molecule has 0 radical (unpaired) electrons. The number of phenols is 1. The zero-order chi connectivity index (χ0) is 17.1. The van der Waals surface area contributed by atoms with Gasteiger partial charge in [-0.25, -0.2) is 0 Å². The molecular weight excluding hydrogens is 268 g/mol. The normalized spacial score (nSPS) is 13.5. The number of rotatable bonds is 2. The Morgan fingerprint density at radius 3 is 1.82 bits per heavy atom. The van der Waals surface area contributed by atoms with Crippen molar-refractivity contribution in [1.82, 2.24) is 0 Å². The first-order valence-corrected chi connectivity index (χ1v) is 8.36. The van der Waals surface area contributed by atoms with E-state index in [9.17, 15) is 5.11 Å². The lowest BCUT2D eigenvalue weighted by atomic mass is 9.78. The molecule has 0 aliphatic heterocycles. The van der Waals surface area contributed by atoms with E-state index >= 15 is 0 Å². The molecule has 0 fully saturated rings. The minimum Gasteiger partial charge on any atom is -0.507 e. The smallest absolute Gasteiger partial charge is 0.123 e. The van der Waals surface area contributed by atoms with Gasteiger partial charge in [0.25, 0.3) is 0 Å². The van der Waals surface area contributed by atoms with Crippen LogP contribution in [0.2, 0.25) is 0 Å². The summed E-state index contributed by atoms with van der Waals surface area (Å²) >= 11 is 0. The van der Waals surface area contributed by atoms with Gasteiger partial charge in [-0.1, -0.05) is 73.7 Å². The minimum absolute atomic E-state index is 0.100. The van der Waals surface area contributed by atoms with Crippen LogP contribution in [0.3, 0.4) is 0 Å². The molecule has 122 valence electrons. The van der Waals surface area contributed by atoms with Crippen LogP contribution < -0.4 is 0 Å². The Labute approximate surface area is 137 Å². The molecule has 0 unspecified atom stereocenters. The Morgan fingerprint density at radius 2 is 1.45 bits per heavy atom. The van der Waals surface area contributed by atoms with Gasteiger partial charge in [0.1, 0.15) is 5.75 Å². The van der Waals surface area contributed by atoms with Gasteiger partial charge >= 0.3 is 0 Å². The van der Waals surface area contributed by atoms with E-state index < -0.39 is 0 Å². The fraction of sp³-hybridized carbons (Fsp3) is 0.619. The van der Waals surface area contributed by atoms with E-state index in [-0.39, 0.29) is 10.8 Å². The Kier molecular flexibility index (Phi) is 5.74. The Bertz CT molecular complexity index is 536. The molecule has 22 heavy (non-hydrogen) atoms. The standard InChI is InChI=1S/C21H32O/c1-9-10-15(2)11-12-16-13-17(20(3,4)5)19(22)18(14-16)21(6,7)8/h13-15,22H,9-10H2,1-8H3/t15-/m0/s1. The predicted octanol–water partition coefficient (Wildman–Crippen LogP) is 5.77. The average molecular weight is 300 g/mol. The molecule has 0 amide bonds. The third-order valence-corrected chi connectivity index (χ3v) is 3.91. The van der Waals surface area contributed by atoms with Crippen molar-refractivity contribution < 1.29 is 5.11 Å². The summed E-state index contributed by atoms with van der Waals surface area (Å²) in [4.78, 5) is 0. The van der Waals surface area contributed by atoms with E-state index in [1.165, 1.54) is 0 Å². The number of hydrogen-bond donors (Lipinski definition) is 1. The lowest BCUT2D eigenvalue weighted by Gasteiger charge is -2.27. The van der Waals surface area contributed by atoms with Crippen LogP contribution in [-0.2, 0) is 10.8 Å². The molecule has 0 aliphatic carbocycles. The van der Waals surface area contributed by atoms with Gasteiger partial charge in [-0.2, -0.15) is 0 Å². The van der Waals surface area contributed by atoms with E-state index in [4.69, 9.17) is 0 Å². The van der Waals surface area contributed by atoms with Gasteiger partial charge in [-0.15, -0.1) is 0 Å². The number of benzene rings is 1. The monoisotopic (exact) mass is 300 g/mol. The lowest BCUT2D eigenvalue weighted by molar-refractivity contribution is 0.423. The zero-order valence-electron chi connectivity index (χ0n) is 15.6. The average Bonchev–Trinajstić information content (AvgIpc) is 2.35. The fourth-order valence-electron chi connectivity index (χ4n) is 2.56. The second-order valence-electron chi connectivity index (χ2n) is 8.38. The van der Waals surface area contributed by atoms with Crippen LogP contribution in [0, 0.1) is 17.8 Å². The highest BCUT2D eigenvalue weighted by Gasteiger charge is 2.26. The maximum atomic E-state index is 10.7. The topological polar surface area (TPSA) is 20.2 Å². The van der Waals surface area contributed by atoms with Gasteiger partial charge in [-0.05, 0) is 29.4 Å². The molecule has 0 aliphatic rings. The van der Waals surface area contributed by atoms with Gasteiger partial charge < -0.3 is 5.11 Å². The van der Waals surface area contributed by atoms with Crippen LogP contribution in [0.25, 0.3) is 0 Å². The molecule has 0 bridgehead atoms. The zero-order valence-corrected chi connectivity index (χ0v) is 15.6. The van der Waals surface area contributed by atoms with Crippen molar-refractivity contribution in [3.8, 4) is 17.6 Å². The molecule has 0 spiro atoms. The highest BCUT2D eigenvalue weighted by Crippen LogP contribution is 2.39. The summed E-state index contributed by atoms with van der Waals surface area (Å²) in [5.74, 6) is 7.50. The minimum atomic E-state index is -0.100. The first-order valence-electron chi connectivity index (χ1n) is 8.36. The molecule has 1 heteroatoms. The van der Waals surface area contributed by atoms with Crippen molar-refractivity contribution in [2.75, 3.05) is 0 Å². The van der Waals surface area contributed by atoms with E-state index in [1.54, 1.807) is 0 Å². The highest BCUT2D eigenvalue weighted by atomic mass is 16.3. The fourth-order valence-corrected chi connectivity index (χ4v) is 2.56. The summed E-state index contributed by atoms with van der Waals surface area (Å²) in [7, 11) is 0. The van der Waals surface area contributed by atoms with E-state index in [1.807, 2.05) is 0 Å². The van der Waals surface area contributed by atoms with Crippen LogP contribution in [0.15, 0.2) is 12.1 Å². The molecule has 1 aromatic rings. The summed E-state index contributed by atoms with van der Waals surface area (Å²) < 4.78 is 0. The summed E-state index contributed by atoms with van der Waals surface area (Å²) in [6, 6.07) is 4.10. The lowest BCUT2D eigenvalue weighted by Crippen LogP contribution is -2.17. The van der Waals surface area contributed by atoms with Gasteiger partial charge in [0.2, 0.25) is 0 Å². The molecular formula is C21H32O. The SMILES string of the molecule is CCC[C@H](C)C#Cc1cc(C(C)(C)C)c(O)c(C(C)(C)C)c1. The molecule has 0 heterocycles. The first-order chi connectivity index (χ1) is 9.96. The maximum absolute atomic E-state index is 10.7. The van der Waals surface area contributed by atoms with Crippen molar-refractivity contribution in [2.24, 2.45) is 5.92 Å². The van der Waals surface area contributed by atoms with Crippen molar-refractivity contribution in [3.63, 3.8) is 0 Å². The van der Waals surface area contributed by atoms with Crippen LogP contribution in [0.5, 0.6) is 5.75 Å². The predicted molar refractivity (Wildman–Crippen MR) is 96.5 cm³/mol. The van der Waals surface area contributed by atoms with Crippen molar-refractivity contribution in [3.05, 3.63) is 28.8 Å². The summed E-state index contributed by atoms with van der Waals surface area (Å²) in [6.07, 6.45) is 2.29. The molecule has 0 saturated carbocycles. The van der Waals surface area contributed by atoms with Crippen molar-refractivity contribution in [2.45, 2.75) is 79.1 Å². The largest absolute Gasteiger partial charge is 0.507 e. The second kappa shape index (κ2) is 6.78. The summed E-state index contributed by atoms with van der Waals surface area (Å²) in [6.45, 7) is 17.1. The van der Waals surface area contributed by atoms with Gasteiger partial charge in [0, 0.05) is 22.6 Å². The summed E-state index contributed by atoms with van der Waals surface area (Å²) in [5, 5.41) is 10.7. The quantitative estimate of drug-likeness (QED) is 0.687. The number of hydrogen-bond acceptors (Lipinski definition) is 1. The van der Waals surface area contributed by atoms with Crippen LogP contribution in [0.1, 0.15) is 84.9 Å². The Balaban J connectivity index is 3.42. The molecule has 1 N–H and O–H groups in total. The third kappa shape index (κ3) is 4.80. The molecule has 1 atom stereocenters. The van der Waals surface area contributed by atoms with E-state index in [0.717, 1.165) is 29.5 Å². The molecule has 1 aromatic carbocycles. The van der Waals surface area contributed by atoms with Gasteiger partial charge in [0.15, 0.2) is 0 Å². The summed E-state index contributed by atoms with van der Waals surface area (Å²) in [5.41, 5.74) is 2.77.